The van der Waals surface area contributed by atoms with Crippen molar-refractivity contribution in [1.82, 2.24) is 0 Å². The maximum absolute atomic E-state index is 13.6. The first kappa shape index (κ1) is 29.8. The van der Waals surface area contributed by atoms with Crippen molar-refractivity contribution in [2.24, 2.45) is 0 Å². The normalized spacial score (nSPS) is 10.7. The van der Waals surface area contributed by atoms with Gasteiger partial charge in [-0.05, 0) is 94.6 Å². The van der Waals surface area contributed by atoms with Gasteiger partial charge in [-0.2, -0.15) is 0 Å². The fraction of sp³-hybridized carbons (Fsp3) is 0.0571. The summed E-state index contributed by atoms with van der Waals surface area (Å²) in [6.07, 6.45) is 1.95. The molecule has 4 nitrogen and oxygen atoms in total. The Hall–Kier alpha value is -4.65. The molecule has 0 radical (unpaired) electrons. The van der Waals surface area contributed by atoms with Crippen molar-refractivity contribution in [3.05, 3.63) is 148 Å². The number of halogens is 4. The molecule has 5 aromatic carbocycles. The van der Waals surface area contributed by atoms with Gasteiger partial charge in [0.15, 0.2) is 6.61 Å². The van der Waals surface area contributed by atoms with Gasteiger partial charge >= 0.3 is 5.97 Å². The predicted molar refractivity (Wildman–Crippen MR) is 166 cm³/mol. The van der Waals surface area contributed by atoms with Gasteiger partial charge in [0, 0.05) is 11.1 Å². The Labute approximate surface area is 257 Å². The number of hydrogen-bond donors (Lipinski definition) is 1. The van der Waals surface area contributed by atoms with Crippen LogP contribution in [0.1, 0.15) is 11.1 Å². The lowest BCUT2D eigenvalue weighted by atomic mass is 9.94. The van der Waals surface area contributed by atoms with Gasteiger partial charge in [-0.15, -0.1) is 0 Å². The summed E-state index contributed by atoms with van der Waals surface area (Å²) in [7, 11) is 0. The maximum Gasteiger partial charge on any atom is 0.341 e. The van der Waals surface area contributed by atoms with E-state index >= 15 is 0 Å². The number of carboxylic acid groups (broad SMARTS) is 1. The van der Waals surface area contributed by atoms with Crippen molar-refractivity contribution in [3.63, 3.8) is 0 Å². The molecule has 0 spiro atoms. The van der Waals surface area contributed by atoms with Gasteiger partial charge in [-0.25, -0.2) is 13.6 Å². The molecule has 0 unspecified atom stereocenters. The summed E-state index contributed by atoms with van der Waals surface area (Å²) in [5.74, 6) is -0.845. The predicted octanol–water partition coefficient (Wildman–Crippen LogP) is 9.58. The second kappa shape index (κ2) is 13.6. The van der Waals surface area contributed by atoms with E-state index in [-0.39, 0.29) is 6.61 Å². The van der Waals surface area contributed by atoms with Gasteiger partial charge in [0.2, 0.25) is 0 Å². The monoisotopic (exact) mass is 616 g/mol. The maximum atomic E-state index is 13.6. The molecule has 1 N–H and O–H groups in total. The molecule has 0 heterocycles. The Morgan fingerprint density at radius 3 is 1.51 bits per heavy atom. The van der Waals surface area contributed by atoms with Gasteiger partial charge < -0.3 is 14.6 Å². The first-order valence-electron chi connectivity index (χ1n) is 13.2. The lowest BCUT2D eigenvalue weighted by Crippen LogP contribution is -2.09. The highest BCUT2D eigenvalue weighted by Gasteiger charge is 2.11. The van der Waals surface area contributed by atoms with E-state index in [2.05, 4.69) is 0 Å². The zero-order chi connectivity index (χ0) is 30.3. The Kier molecular flexibility index (Phi) is 9.40. The second-order valence-electron chi connectivity index (χ2n) is 9.49. The summed E-state index contributed by atoms with van der Waals surface area (Å²) < 4.78 is 38.2. The van der Waals surface area contributed by atoms with E-state index in [4.69, 9.17) is 37.8 Å². The summed E-state index contributed by atoms with van der Waals surface area (Å²) >= 11 is 12.6. The summed E-state index contributed by atoms with van der Waals surface area (Å²) in [6.45, 7) is -0.188. The Balaban J connectivity index is 1.42. The number of benzene rings is 5. The van der Waals surface area contributed by atoms with E-state index in [1.54, 1.807) is 36.4 Å². The second-order valence-corrected chi connectivity index (χ2v) is 10.3. The van der Waals surface area contributed by atoms with Crippen LogP contribution in [0.3, 0.4) is 0 Å². The number of rotatable bonds is 10. The van der Waals surface area contributed by atoms with E-state index in [1.165, 1.54) is 24.3 Å². The van der Waals surface area contributed by atoms with E-state index in [0.29, 0.717) is 21.5 Å². The van der Waals surface area contributed by atoms with E-state index in [9.17, 15) is 13.6 Å². The van der Waals surface area contributed by atoms with Crippen LogP contribution in [-0.4, -0.2) is 24.3 Å². The molecule has 216 valence electrons. The van der Waals surface area contributed by atoms with E-state index in [0.717, 1.165) is 39.0 Å². The molecule has 0 atom stereocenters. The van der Waals surface area contributed by atoms with Gasteiger partial charge in [0.25, 0.3) is 0 Å². The minimum absolute atomic E-state index is 0.238. The third-order valence-electron chi connectivity index (χ3n) is 6.60. The van der Waals surface area contributed by atoms with Crippen LogP contribution in [0.5, 0.6) is 11.5 Å². The third kappa shape index (κ3) is 7.60. The molecule has 0 bridgehead atoms. The van der Waals surface area contributed by atoms with Crippen LogP contribution >= 0.6 is 23.2 Å². The molecule has 0 aromatic heterocycles. The fourth-order valence-electron chi connectivity index (χ4n) is 4.51. The average Bonchev–Trinajstić information content (AvgIpc) is 2.99. The fourth-order valence-corrected chi connectivity index (χ4v) is 5.06. The third-order valence-corrected chi connectivity index (χ3v) is 7.23. The molecule has 0 aliphatic heterocycles. The number of hydrogen-bond acceptors (Lipinski definition) is 3. The summed E-state index contributed by atoms with van der Waals surface area (Å²) in [4.78, 5) is 10.7. The number of carbonyl (C=O) groups is 1. The lowest BCUT2D eigenvalue weighted by molar-refractivity contribution is -0.139. The summed E-state index contributed by atoms with van der Waals surface area (Å²) in [5.41, 5.74) is 5.85. The molecule has 0 saturated heterocycles. The van der Waals surface area contributed by atoms with Crippen LogP contribution in [-0.2, 0) is 4.79 Å². The largest absolute Gasteiger partial charge is 0.490 e. The number of ether oxygens (including phenoxy) is 2. The molecular weight excluding hydrogens is 593 g/mol. The van der Waals surface area contributed by atoms with Crippen molar-refractivity contribution in [2.75, 3.05) is 13.2 Å². The first-order chi connectivity index (χ1) is 20.8. The molecule has 0 aliphatic carbocycles. The lowest BCUT2D eigenvalue weighted by Gasteiger charge is -2.13. The molecule has 5 aromatic rings. The van der Waals surface area contributed by atoms with Gasteiger partial charge in [0.1, 0.15) is 29.7 Å². The molecule has 43 heavy (non-hydrogen) atoms. The topological polar surface area (TPSA) is 55.8 Å². The van der Waals surface area contributed by atoms with Crippen molar-refractivity contribution < 1.29 is 28.2 Å². The van der Waals surface area contributed by atoms with Crippen LogP contribution in [0.2, 0.25) is 10.0 Å². The Bertz CT molecular complexity index is 1670. The molecule has 0 amide bonds. The van der Waals surface area contributed by atoms with Crippen LogP contribution in [0.25, 0.3) is 27.8 Å². The smallest absolute Gasteiger partial charge is 0.341 e. The van der Waals surface area contributed by atoms with Crippen molar-refractivity contribution >= 4 is 34.7 Å². The van der Waals surface area contributed by atoms with Crippen LogP contribution < -0.4 is 9.47 Å². The van der Waals surface area contributed by atoms with Crippen molar-refractivity contribution in [3.8, 4) is 33.8 Å². The molecule has 5 rings (SSSR count). The van der Waals surface area contributed by atoms with E-state index in [1.807, 2.05) is 54.6 Å². The van der Waals surface area contributed by atoms with Crippen molar-refractivity contribution in [2.45, 2.75) is 0 Å². The van der Waals surface area contributed by atoms with Crippen LogP contribution in [0.4, 0.5) is 8.78 Å². The summed E-state index contributed by atoms with van der Waals surface area (Å²) in [5, 5.41) is 9.43. The van der Waals surface area contributed by atoms with Gasteiger partial charge in [-0.3, -0.25) is 0 Å². The quantitative estimate of drug-likeness (QED) is 0.170. The van der Waals surface area contributed by atoms with Crippen LogP contribution in [0.15, 0.2) is 115 Å². The molecular formula is C35H24Cl2F2O4. The zero-order valence-electron chi connectivity index (χ0n) is 22.6. The minimum atomic E-state index is -1.06. The Morgan fingerprint density at radius 2 is 1.09 bits per heavy atom. The Morgan fingerprint density at radius 1 is 0.651 bits per heavy atom. The van der Waals surface area contributed by atoms with E-state index < -0.39 is 24.2 Å². The van der Waals surface area contributed by atoms with Gasteiger partial charge in [0.05, 0.1) is 10.0 Å². The minimum Gasteiger partial charge on any atom is -0.490 e. The molecule has 0 saturated carbocycles. The number of aliphatic carboxylic acids is 1. The molecule has 0 fully saturated rings. The van der Waals surface area contributed by atoms with Crippen molar-refractivity contribution in [1.29, 1.82) is 0 Å². The zero-order valence-corrected chi connectivity index (χ0v) is 24.1. The van der Waals surface area contributed by atoms with Gasteiger partial charge in [-0.1, -0.05) is 71.7 Å². The average molecular weight is 617 g/mol. The highest BCUT2D eigenvalue weighted by Crippen LogP contribution is 2.33. The highest BCUT2D eigenvalue weighted by molar-refractivity contribution is 6.33. The highest BCUT2D eigenvalue weighted by atomic mass is 35.5. The van der Waals surface area contributed by atoms with Crippen LogP contribution in [0, 0.1) is 11.6 Å². The first-order valence-corrected chi connectivity index (χ1v) is 13.9. The SMILES string of the molecule is O=C(O)COc1ccc(OCC=C(c2ccc(-c3ccc(F)cc3Cl)cc2)c2ccc(-c3ccc(F)cc3Cl)cc2)cc1. The summed E-state index contributed by atoms with van der Waals surface area (Å²) in [6, 6.07) is 30.8. The molecule has 0 aliphatic rings. The molecule has 8 heteroatoms. The number of carboxylic acids is 1. The standard InChI is InChI=1S/C35H24Cl2F2O4/c36-33-19-26(38)9-15-31(33)24-5-1-22(2-6-24)30(17-18-42-28-11-13-29(14-12-28)43-21-35(40)41)23-3-7-25(8-4-23)32-16-10-27(39)20-34(32)37/h1-17,19-20H,18,21H2,(H,40,41).